The largest absolute Gasteiger partial charge is 0.470 e. The van der Waals surface area contributed by atoms with Crippen molar-refractivity contribution >= 4 is 7.82 Å². The lowest BCUT2D eigenvalue weighted by Gasteiger charge is -2.34. The Balaban J connectivity index is 4.03. The summed E-state index contributed by atoms with van der Waals surface area (Å²) in [6.45, 7) is 5.04. The van der Waals surface area contributed by atoms with Crippen LogP contribution in [0.1, 0.15) is 206 Å². The molecule has 0 unspecified atom stereocenters. The number of unbranched alkanes of at least 4 members (excludes halogenated alkanes) is 26. The van der Waals surface area contributed by atoms with Gasteiger partial charge in [0.25, 0.3) is 0 Å². The van der Waals surface area contributed by atoms with Crippen LogP contribution in [0.25, 0.3) is 0 Å². The molecular formula is C35H74NO4P. The van der Waals surface area contributed by atoms with Crippen molar-refractivity contribution in [1.82, 2.24) is 5.32 Å². The molecule has 0 saturated carbocycles. The van der Waals surface area contributed by atoms with Gasteiger partial charge < -0.3 is 15.1 Å². The molecule has 0 bridgehead atoms. The summed E-state index contributed by atoms with van der Waals surface area (Å²) in [5, 5.41) is 3.16. The molecule has 6 heteroatoms. The Labute approximate surface area is 257 Å². The highest BCUT2D eigenvalue weighted by Crippen LogP contribution is 2.45. The maximum atomic E-state index is 11.9. The topological polar surface area (TPSA) is 78.8 Å². The third-order valence-electron chi connectivity index (χ3n) is 8.78. The van der Waals surface area contributed by atoms with Gasteiger partial charge in [-0.2, -0.15) is 0 Å². The lowest BCUT2D eigenvalue weighted by atomic mass is 9.89. The van der Waals surface area contributed by atoms with Gasteiger partial charge in [-0.25, -0.2) is 4.57 Å². The lowest BCUT2D eigenvalue weighted by Crippen LogP contribution is -2.41. The number of rotatable bonds is 34. The fourth-order valence-corrected chi connectivity index (χ4v) is 7.03. The molecule has 0 aliphatic rings. The van der Waals surface area contributed by atoms with Crippen molar-refractivity contribution in [3.8, 4) is 0 Å². The van der Waals surface area contributed by atoms with Crippen molar-refractivity contribution < 1.29 is 18.9 Å². The van der Waals surface area contributed by atoms with E-state index in [-0.39, 0.29) is 0 Å². The summed E-state index contributed by atoms with van der Waals surface area (Å²) in [4.78, 5) is 19.3. The number of phosphoric ester groups is 1. The maximum absolute atomic E-state index is 11.9. The smallest absolute Gasteiger partial charge is 0.317 e. The van der Waals surface area contributed by atoms with Crippen LogP contribution < -0.4 is 5.32 Å². The quantitative estimate of drug-likeness (QED) is 0.0503. The number of hydrogen-bond acceptors (Lipinski definition) is 3. The molecule has 0 rings (SSSR count). The van der Waals surface area contributed by atoms with E-state index in [1.54, 1.807) is 0 Å². The Hall–Kier alpha value is 0.0700. The molecule has 0 spiro atoms. The van der Waals surface area contributed by atoms with E-state index in [1.807, 2.05) is 7.05 Å². The van der Waals surface area contributed by atoms with Crippen LogP contribution in [0.4, 0.5) is 0 Å². The van der Waals surface area contributed by atoms with E-state index in [9.17, 15) is 14.4 Å². The molecule has 0 aromatic rings. The van der Waals surface area contributed by atoms with Crippen LogP contribution in [0.3, 0.4) is 0 Å². The third-order valence-corrected chi connectivity index (χ3v) is 9.41. The Kier molecular flexibility index (Phi) is 30.2. The van der Waals surface area contributed by atoms with E-state index in [1.165, 1.54) is 154 Å². The summed E-state index contributed by atoms with van der Waals surface area (Å²) in [6, 6.07) is 0. The van der Waals surface area contributed by atoms with E-state index >= 15 is 0 Å². The van der Waals surface area contributed by atoms with Crippen molar-refractivity contribution in [2.24, 2.45) is 0 Å². The van der Waals surface area contributed by atoms with Gasteiger partial charge in [0.1, 0.15) is 0 Å². The van der Waals surface area contributed by atoms with Crippen LogP contribution in [-0.2, 0) is 9.09 Å². The Morgan fingerprint density at radius 2 is 0.732 bits per heavy atom. The number of phosphoric acid groups is 1. The summed E-state index contributed by atoms with van der Waals surface area (Å²) in [5.74, 6) is 0. The molecular weight excluding hydrogens is 529 g/mol. The summed E-state index contributed by atoms with van der Waals surface area (Å²) < 4.78 is 17.4. The second-order valence-corrected chi connectivity index (χ2v) is 14.2. The fraction of sp³-hybridized carbons (Fsp3) is 1.00. The highest BCUT2D eigenvalue weighted by Gasteiger charge is 2.36. The van der Waals surface area contributed by atoms with Crippen molar-refractivity contribution in [2.75, 3.05) is 13.6 Å². The minimum atomic E-state index is -4.53. The van der Waals surface area contributed by atoms with Crippen molar-refractivity contribution in [1.29, 1.82) is 0 Å². The first kappa shape index (κ1) is 41.1. The Bertz CT molecular complexity index is 536. The van der Waals surface area contributed by atoms with E-state index in [4.69, 9.17) is 4.52 Å². The first-order valence-corrected chi connectivity index (χ1v) is 19.8. The molecule has 0 fully saturated rings. The Morgan fingerprint density at radius 1 is 0.488 bits per heavy atom. The van der Waals surface area contributed by atoms with E-state index in [0.29, 0.717) is 6.54 Å². The zero-order chi connectivity index (χ0) is 30.3. The van der Waals surface area contributed by atoms with Gasteiger partial charge in [-0.1, -0.05) is 194 Å². The Morgan fingerprint density at radius 3 is 0.951 bits per heavy atom. The van der Waals surface area contributed by atoms with Crippen LogP contribution in [0, 0.1) is 0 Å². The lowest BCUT2D eigenvalue weighted by molar-refractivity contribution is 0.0164. The van der Waals surface area contributed by atoms with Crippen LogP contribution >= 0.6 is 7.82 Å². The molecule has 0 aliphatic heterocycles. The van der Waals surface area contributed by atoms with Crippen molar-refractivity contribution in [3.05, 3.63) is 0 Å². The average molecular weight is 604 g/mol. The molecule has 0 heterocycles. The number of likely N-dealkylation sites (N-methyl/N-ethyl adjacent to an activating group) is 1. The van der Waals surface area contributed by atoms with E-state index < -0.39 is 13.4 Å². The van der Waals surface area contributed by atoms with Gasteiger partial charge in [0.05, 0.1) is 5.60 Å². The molecule has 0 amide bonds. The fourth-order valence-electron chi connectivity index (χ4n) is 6.28. The number of hydrogen-bond donors (Lipinski definition) is 3. The van der Waals surface area contributed by atoms with E-state index in [2.05, 4.69) is 19.2 Å². The third kappa shape index (κ3) is 29.9. The van der Waals surface area contributed by atoms with Crippen LogP contribution in [0.15, 0.2) is 0 Å². The second-order valence-electron chi connectivity index (χ2n) is 13.0. The highest BCUT2D eigenvalue weighted by atomic mass is 31.2. The molecule has 0 saturated heterocycles. The van der Waals surface area contributed by atoms with Crippen LogP contribution in [-0.4, -0.2) is 29.0 Å². The van der Waals surface area contributed by atoms with Gasteiger partial charge in [-0.3, -0.25) is 4.52 Å². The van der Waals surface area contributed by atoms with Crippen molar-refractivity contribution in [2.45, 2.75) is 212 Å². The monoisotopic (exact) mass is 604 g/mol. The summed E-state index contributed by atoms with van der Waals surface area (Å²) in [6.07, 6.45) is 38.1. The average Bonchev–Trinajstić information content (AvgIpc) is 2.92. The molecule has 3 N–H and O–H groups in total. The molecule has 0 aromatic carbocycles. The number of nitrogens with one attached hydrogen (secondary N) is 1. The van der Waals surface area contributed by atoms with Gasteiger partial charge in [-0.15, -0.1) is 0 Å². The van der Waals surface area contributed by atoms with Gasteiger partial charge in [0, 0.05) is 6.54 Å². The molecule has 5 nitrogen and oxygen atoms in total. The molecule has 248 valence electrons. The summed E-state index contributed by atoms with van der Waals surface area (Å²) in [7, 11) is -2.68. The van der Waals surface area contributed by atoms with Gasteiger partial charge in [-0.05, 0) is 19.9 Å². The highest BCUT2D eigenvalue weighted by molar-refractivity contribution is 7.46. The first-order chi connectivity index (χ1) is 19.9. The molecule has 0 aliphatic carbocycles. The normalized spacial score (nSPS) is 12.4. The zero-order valence-corrected chi connectivity index (χ0v) is 29.0. The van der Waals surface area contributed by atoms with Gasteiger partial charge >= 0.3 is 7.82 Å². The summed E-state index contributed by atoms with van der Waals surface area (Å²) >= 11 is 0. The standard InChI is InChI=1S/C35H74NO4P/c1-4-6-8-10-12-14-16-18-20-22-24-26-28-30-32-35(34-36-3,40-41(37,38)39)33-31-29-27-25-23-21-19-17-15-13-11-9-7-5-2/h36H,4-34H2,1-3H3,(H2,37,38,39). The summed E-state index contributed by atoms with van der Waals surface area (Å²) in [5.41, 5.74) is -0.762. The maximum Gasteiger partial charge on any atom is 0.470 e. The van der Waals surface area contributed by atoms with Gasteiger partial charge in [0.15, 0.2) is 0 Å². The second kappa shape index (κ2) is 30.1. The molecule has 0 aromatic heterocycles. The van der Waals surface area contributed by atoms with E-state index in [0.717, 1.165) is 38.5 Å². The van der Waals surface area contributed by atoms with Crippen LogP contribution in [0.5, 0.6) is 0 Å². The van der Waals surface area contributed by atoms with Crippen LogP contribution in [0.2, 0.25) is 0 Å². The minimum Gasteiger partial charge on any atom is -0.317 e. The zero-order valence-electron chi connectivity index (χ0n) is 28.1. The first-order valence-electron chi connectivity index (χ1n) is 18.3. The molecule has 41 heavy (non-hydrogen) atoms. The SMILES string of the molecule is CCCCCCCCCCCCCCCCC(CCCCCCCCCCCCCCCC)(CNC)OP(=O)(O)O. The predicted molar refractivity (Wildman–Crippen MR) is 180 cm³/mol. The molecule has 0 radical (unpaired) electrons. The van der Waals surface area contributed by atoms with Crippen molar-refractivity contribution in [3.63, 3.8) is 0 Å². The van der Waals surface area contributed by atoms with Gasteiger partial charge in [0.2, 0.25) is 0 Å². The predicted octanol–water partition coefficient (Wildman–Crippen LogP) is 11.8. The minimum absolute atomic E-state index is 0.495. The molecule has 0 atom stereocenters.